The lowest BCUT2D eigenvalue weighted by Gasteiger charge is -1.90. The number of nitrogens with one attached hydrogen (secondary N) is 1. The molecule has 1 heterocycles. The molecule has 0 aliphatic carbocycles. The van der Waals surface area contributed by atoms with Gasteiger partial charge in [0.15, 0.2) is 5.76 Å². The minimum absolute atomic E-state index is 0.297. The second kappa shape index (κ2) is 19.5. The minimum Gasteiger partial charge on any atom is -0.464 e. The molecular weight excluding hydrogens is 370 g/mol. The molecule has 1 rings (SSSR count). The molecule has 0 aliphatic heterocycles. The van der Waals surface area contributed by atoms with E-state index in [4.69, 9.17) is 4.42 Å². The van der Waals surface area contributed by atoms with Crippen LogP contribution in [0.25, 0.3) is 0 Å². The van der Waals surface area contributed by atoms with Crippen LogP contribution in [-0.4, -0.2) is 11.0 Å². The molecule has 0 spiro atoms. The quantitative estimate of drug-likeness (QED) is 0.192. The Morgan fingerprint density at radius 2 is 1.30 bits per heavy atom. The normalized spacial score (nSPS) is 13.6. The number of hydrogen-bond donors (Lipinski definition) is 2. The molecule has 1 aromatic heterocycles. The number of aliphatic hydroxyl groups is 1. The smallest absolute Gasteiger partial charge is 0.332 e. The summed E-state index contributed by atoms with van der Waals surface area (Å²) in [6.07, 6.45) is 35.4. The van der Waals surface area contributed by atoms with E-state index in [-0.39, 0.29) is 0 Å². The van der Waals surface area contributed by atoms with Crippen molar-refractivity contribution in [1.82, 2.24) is 0 Å². The topological polar surface area (TPSA) is 47.3 Å². The Kier molecular flexibility index (Phi) is 16.4. The zero-order valence-electron chi connectivity index (χ0n) is 18.4. The lowest BCUT2D eigenvalue weighted by molar-refractivity contribution is -0.488. The summed E-state index contributed by atoms with van der Waals surface area (Å²) in [6.45, 7) is 2.67. The van der Waals surface area contributed by atoms with Crippen molar-refractivity contribution in [2.24, 2.45) is 0 Å². The van der Waals surface area contributed by atoms with Crippen molar-refractivity contribution in [3.8, 4) is 0 Å². The third kappa shape index (κ3) is 16.2. The van der Waals surface area contributed by atoms with E-state index in [1.807, 2.05) is 12.1 Å². The molecular formula is C27H38NO2+. The predicted molar refractivity (Wildman–Crippen MR) is 128 cm³/mol. The van der Waals surface area contributed by atoms with Crippen LogP contribution in [0.15, 0.2) is 95.7 Å². The molecule has 2 N–H and O–H groups in total. The SMILES string of the molecule is CC/C=C\C/C=C\C/C=C\C/C=C\C/C=C\C/C=C\CCC(O)=[NH+]Cc1ccco1. The third-order valence-electron chi connectivity index (χ3n) is 4.19. The molecule has 1 aromatic rings. The van der Waals surface area contributed by atoms with Crippen LogP contribution in [0.5, 0.6) is 0 Å². The monoisotopic (exact) mass is 408 g/mol. The molecule has 30 heavy (non-hydrogen) atoms. The van der Waals surface area contributed by atoms with Crippen molar-refractivity contribution in [1.29, 1.82) is 0 Å². The first-order chi connectivity index (χ1) is 14.8. The number of allylic oxidation sites excluding steroid dienone is 12. The lowest BCUT2D eigenvalue weighted by Crippen LogP contribution is -2.71. The van der Waals surface area contributed by atoms with E-state index in [1.165, 1.54) is 0 Å². The summed E-state index contributed by atoms with van der Waals surface area (Å²) in [7, 11) is 0. The number of furan rings is 1. The first kappa shape index (κ1) is 25.2. The Morgan fingerprint density at radius 1 is 0.800 bits per heavy atom. The molecule has 0 aromatic carbocycles. The van der Waals surface area contributed by atoms with E-state index < -0.39 is 0 Å². The van der Waals surface area contributed by atoms with Crippen molar-refractivity contribution in [2.75, 3.05) is 0 Å². The summed E-state index contributed by atoms with van der Waals surface area (Å²) in [5.41, 5.74) is 0. The molecule has 0 radical (unpaired) electrons. The van der Waals surface area contributed by atoms with E-state index in [2.05, 4.69) is 84.8 Å². The van der Waals surface area contributed by atoms with Crippen molar-refractivity contribution >= 4 is 5.90 Å². The van der Waals surface area contributed by atoms with Crippen molar-refractivity contribution < 1.29 is 14.5 Å². The van der Waals surface area contributed by atoms with Gasteiger partial charge >= 0.3 is 5.90 Å². The van der Waals surface area contributed by atoms with Gasteiger partial charge in [0.1, 0.15) is 0 Å². The zero-order valence-corrected chi connectivity index (χ0v) is 18.4. The summed E-state index contributed by atoms with van der Waals surface area (Å²) in [4.78, 5) is 2.96. The van der Waals surface area contributed by atoms with Gasteiger partial charge in [-0.05, 0) is 57.1 Å². The largest absolute Gasteiger partial charge is 0.464 e. The van der Waals surface area contributed by atoms with Gasteiger partial charge in [-0.3, -0.25) is 0 Å². The molecule has 0 saturated carbocycles. The van der Waals surface area contributed by atoms with Gasteiger partial charge in [0.25, 0.3) is 0 Å². The summed E-state index contributed by atoms with van der Waals surface area (Å²) < 4.78 is 5.21. The summed E-state index contributed by atoms with van der Waals surface area (Å²) in [5.74, 6) is 1.11. The fourth-order valence-corrected chi connectivity index (χ4v) is 2.55. The van der Waals surface area contributed by atoms with Gasteiger partial charge in [0.2, 0.25) is 6.54 Å². The van der Waals surface area contributed by atoms with E-state index in [9.17, 15) is 5.11 Å². The third-order valence-corrected chi connectivity index (χ3v) is 4.19. The van der Waals surface area contributed by atoms with Crippen LogP contribution in [0.2, 0.25) is 0 Å². The summed E-state index contributed by atoms with van der Waals surface area (Å²) in [6, 6.07) is 3.72. The molecule has 0 aliphatic rings. The standard InChI is InChI=1S/C27H37NO2/c1-2-3-4-5-6-7-8-9-10-11-12-13-14-15-16-17-18-19-20-23-27(29)28-25-26-22-21-24-30-26/h3-4,6-7,9-10,12-13,15-16,18-19,21-22,24H,2,5,8,11,14,17,20,23,25H2,1H3,(H,28,29)/p+1/b4-3-,7-6-,10-9-,13-12-,16-15-,19-18-. The van der Waals surface area contributed by atoms with Crippen molar-refractivity contribution in [2.45, 2.75) is 64.8 Å². The Labute approximate surface area is 182 Å². The van der Waals surface area contributed by atoms with Gasteiger partial charge in [-0.15, -0.1) is 0 Å². The van der Waals surface area contributed by atoms with Gasteiger partial charge in [0, 0.05) is 0 Å². The van der Waals surface area contributed by atoms with Crippen LogP contribution < -0.4 is 4.99 Å². The summed E-state index contributed by atoms with van der Waals surface area (Å²) in [5, 5.41) is 9.79. The zero-order chi connectivity index (χ0) is 21.5. The first-order valence-electron chi connectivity index (χ1n) is 11.0. The molecule has 0 unspecified atom stereocenters. The number of aliphatic hydroxyl groups excluding tert-OH is 1. The van der Waals surface area contributed by atoms with Gasteiger partial charge in [0.05, 0.1) is 12.7 Å². The maximum absolute atomic E-state index is 9.79. The number of hydrogen-bond acceptors (Lipinski definition) is 1. The van der Waals surface area contributed by atoms with Gasteiger partial charge in [-0.25, -0.2) is 4.99 Å². The maximum atomic E-state index is 9.79. The Balaban J connectivity index is 1.98. The maximum Gasteiger partial charge on any atom is 0.332 e. The van der Waals surface area contributed by atoms with Crippen LogP contribution in [0.4, 0.5) is 0 Å². The highest BCUT2D eigenvalue weighted by atomic mass is 16.3. The van der Waals surface area contributed by atoms with E-state index in [0.29, 0.717) is 18.9 Å². The van der Waals surface area contributed by atoms with Gasteiger partial charge in [-0.1, -0.05) is 79.8 Å². The molecule has 0 bridgehead atoms. The Morgan fingerprint density at radius 3 is 1.77 bits per heavy atom. The fraction of sp³-hybridized carbons (Fsp3) is 0.370. The molecule has 0 amide bonds. The summed E-state index contributed by atoms with van der Waals surface area (Å²) >= 11 is 0. The van der Waals surface area contributed by atoms with E-state index in [1.54, 1.807) is 6.26 Å². The molecule has 0 atom stereocenters. The Hall–Kier alpha value is -2.81. The van der Waals surface area contributed by atoms with Crippen molar-refractivity contribution in [3.05, 3.63) is 97.1 Å². The predicted octanol–water partition coefficient (Wildman–Crippen LogP) is 6.29. The second-order valence-corrected chi connectivity index (χ2v) is 6.83. The average Bonchev–Trinajstić information content (AvgIpc) is 3.27. The highest BCUT2D eigenvalue weighted by molar-refractivity contribution is 5.67. The van der Waals surface area contributed by atoms with Crippen LogP contribution in [0, 0.1) is 0 Å². The average molecular weight is 409 g/mol. The Bertz CT molecular complexity index is 716. The van der Waals surface area contributed by atoms with Gasteiger partial charge < -0.3 is 9.52 Å². The van der Waals surface area contributed by atoms with Crippen molar-refractivity contribution in [3.63, 3.8) is 0 Å². The molecule has 0 saturated heterocycles. The van der Waals surface area contributed by atoms with E-state index in [0.717, 1.165) is 50.7 Å². The lowest BCUT2D eigenvalue weighted by atomic mass is 10.2. The van der Waals surface area contributed by atoms with Crippen LogP contribution >= 0.6 is 0 Å². The molecule has 3 heteroatoms. The van der Waals surface area contributed by atoms with Crippen LogP contribution in [0.1, 0.15) is 64.1 Å². The van der Waals surface area contributed by atoms with Gasteiger partial charge in [-0.2, -0.15) is 0 Å². The molecule has 0 fully saturated rings. The second-order valence-electron chi connectivity index (χ2n) is 6.83. The fourth-order valence-electron chi connectivity index (χ4n) is 2.55. The van der Waals surface area contributed by atoms with E-state index >= 15 is 0 Å². The van der Waals surface area contributed by atoms with Crippen LogP contribution in [0.3, 0.4) is 0 Å². The minimum atomic E-state index is 0.297. The van der Waals surface area contributed by atoms with Crippen LogP contribution in [-0.2, 0) is 6.54 Å². The molecule has 3 nitrogen and oxygen atoms in total. The number of rotatable bonds is 16. The first-order valence-corrected chi connectivity index (χ1v) is 11.0. The molecule has 162 valence electrons. The highest BCUT2D eigenvalue weighted by Gasteiger charge is 2.02. The highest BCUT2D eigenvalue weighted by Crippen LogP contribution is 1.98.